The van der Waals surface area contributed by atoms with Crippen molar-refractivity contribution in [2.24, 2.45) is 0 Å². The number of amides is 1. The van der Waals surface area contributed by atoms with Crippen molar-refractivity contribution in [3.8, 4) is 0 Å². The zero-order chi connectivity index (χ0) is 18.8. The molecule has 0 aliphatic carbocycles. The molecule has 2 bridgehead atoms. The number of thiazole rings is 1. The van der Waals surface area contributed by atoms with Gasteiger partial charge in [-0.05, 0) is 44.7 Å². The fourth-order valence-electron chi connectivity index (χ4n) is 4.67. The van der Waals surface area contributed by atoms with E-state index in [2.05, 4.69) is 53.3 Å². The largest absolute Gasteiger partial charge is 0.385 e. The lowest BCUT2D eigenvalue weighted by Gasteiger charge is -2.36. The molecule has 2 aliphatic heterocycles. The van der Waals surface area contributed by atoms with Gasteiger partial charge in [-0.3, -0.25) is 9.69 Å². The van der Waals surface area contributed by atoms with Crippen molar-refractivity contribution in [1.82, 2.24) is 14.8 Å². The van der Waals surface area contributed by atoms with E-state index in [1.54, 1.807) is 5.51 Å². The Bertz CT molecular complexity index is 776. The molecule has 6 heteroatoms. The zero-order valence-electron chi connectivity index (χ0n) is 16.1. The smallest absolute Gasteiger partial charge is 0.273 e. The fourth-order valence-corrected chi connectivity index (χ4v) is 5.19. The number of para-hydroxylation sites is 1. The summed E-state index contributed by atoms with van der Waals surface area (Å²) in [4.78, 5) is 22.1. The molecule has 2 atom stereocenters. The van der Waals surface area contributed by atoms with E-state index in [1.165, 1.54) is 23.3 Å². The number of nitrogens with one attached hydrogen (secondary N) is 1. The highest BCUT2D eigenvalue weighted by Gasteiger charge is 2.37. The van der Waals surface area contributed by atoms with Crippen LogP contribution in [-0.4, -0.2) is 51.9 Å². The van der Waals surface area contributed by atoms with Crippen molar-refractivity contribution in [2.75, 3.05) is 18.4 Å². The van der Waals surface area contributed by atoms with Gasteiger partial charge in [0.2, 0.25) is 0 Å². The van der Waals surface area contributed by atoms with Crippen molar-refractivity contribution in [2.45, 2.75) is 57.8 Å². The lowest BCUT2D eigenvalue weighted by Crippen LogP contribution is -2.48. The standard InChI is InChI=1S/C21H28N4OS/c1-15(2)25-17-7-8-18(25)12-24(21(26)20-13-27-14-23-20)11-16-5-3-4-6-19(16)22-10-9-17/h3-6,13-15,17-18,22H,7-12H2,1-2H3/t17-,18+/m1/s1. The van der Waals surface area contributed by atoms with Crippen LogP contribution in [0.1, 0.15) is 49.2 Å². The first kappa shape index (κ1) is 18.4. The molecule has 0 spiro atoms. The Morgan fingerprint density at radius 1 is 1.22 bits per heavy atom. The van der Waals surface area contributed by atoms with E-state index in [1.807, 2.05) is 10.3 Å². The lowest BCUT2D eigenvalue weighted by molar-refractivity contribution is 0.0629. The van der Waals surface area contributed by atoms with E-state index in [-0.39, 0.29) is 5.91 Å². The summed E-state index contributed by atoms with van der Waals surface area (Å²) in [5, 5.41) is 5.48. The Labute approximate surface area is 165 Å². The summed E-state index contributed by atoms with van der Waals surface area (Å²) in [5.74, 6) is 0.0393. The number of benzene rings is 1. The van der Waals surface area contributed by atoms with Crippen LogP contribution in [0.25, 0.3) is 0 Å². The highest BCUT2D eigenvalue weighted by molar-refractivity contribution is 7.07. The van der Waals surface area contributed by atoms with Gasteiger partial charge in [-0.15, -0.1) is 11.3 Å². The first-order valence-electron chi connectivity index (χ1n) is 9.90. The van der Waals surface area contributed by atoms with Crippen LogP contribution >= 0.6 is 11.3 Å². The van der Waals surface area contributed by atoms with E-state index in [9.17, 15) is 4.79 Å². The second-order valence-electron chi connectivity index (χ2n) is 7.86. The average molecular weight is 385 g/mol. The minimum Gasteiger partial charge on any atom is -0.385 e. The molecule has 2 aromatic rings. The maximum atomic E-state index is 13.2. The summed E-state index contributed by atoms with van der Waals surface area (Å²) < 4.78 is 0. The topological polar surface area (TPSA) is 48.5 Å². The minimum absolute atomic E-state index is 0.0393. The van der Waals surface area contributed by atoms with E-state index in [0.717, 1.165) is 31.6 Å². The predicted molar refractivity (Wildman–Crippen MR) is 110 cm³/mol. The monoisotopic (exact) mass is 384 g/mol. The molecule has 3 heterocycles. The summed E-state index contributed by atoms with van der Waals surface area (Å²) in [6, 6.07) is 9.86. The fraction of sp³-hybridized carbons (Fsp3) is 0.524. The molecule has 27 heavy (non-hydrogen) atoms. The number of hydrogen-bond acceptors (Lipinski definition) is 5. The number of rotatable bonds is 2. The number of carbonyl (C=O) groups is 1. The van der Waals surface area contributed by atoms with Gasteiger partial charge in [0.1, 0.15) is 5.69 Å². The summed E-state index contributed by atoms with van der Waals surface area (Å²) in [7, 11) is 0. The molecular formula is C21H28N4OS. The maximum Gasteiger partial charge on any atom is 0.273 e. The number of nitrogens with zero attached hydrogens (tertiary/aromatic N) is 3. The van der Waals surface area contributed by atoms with Gasteiger partial charge in [0.15, 0.2) is 0 Å². The van der Waals surface area contributed by atoms with Crippen LogP contribution in [0.5, 0.6) is 0 Å². The second-order valence-corrected chi connectivity index (χ2v) is 8.58. The van der Waals surface area contributed by atoms with Gasteiger partial charge < -0.3 is 10.2 Å². The molecule has 1 amide bonds. The van der Waals surface area contributed by atoms with E-state index in [0.29, 0.717) is 30.4 Å². The van der Waals surface area contributed by atoms with Crippen molar-refractivity contribution < 1.29 is 4.79 Å². The van der Waals surface area contributed by atoms with Crippen LogP contribution in [0.3, 0.4) is 0 Å². The number of hydrogen-bond donors (Lipinski definition) is 1. The van der Waals surface area contributed by atoms with E-state index >= 15 is 0 Å². The number of fused-ring (bicyclic) bond motifs is 3. The molecule has 4 rings (SSSR count). The molecule has 5 nitrogen and oxygen atoms in total. The lowest BCUT2D eigenvalue weighted by atomic mass is 10.1. The molecular weight excluding hydrogens is 356 g/mol. The molecule has 1 aromatic heterocycles. The SMILES string of the molecule is CC(C)N1[C@H]2CCNc3ccccc3CN(C(=O)c3cscn3)C[C@@H]1CC2. The molecule has 1 aromatic carbocycles. The first-order chi connectivity index (χ1) is 13.1. The third-order valence-electron chi connectivity index (χ3n) is 5.81. The molecule has 144 valence electrons. The summed E-state index contributed by atoms with van der Waals surface area (Å²) in [5.41, 5.74) is 4.62. The normalized spacial score (nSPS) is 23.6. The number of carbonyl (C=O) groups excluding carboxylic acids is 1. The zero-order valence-corrected chi connectivity index (χ0v) is 16.9. The van der Waals surface area contributed by atoms with Crippen molar-refractivity contribution >= 4 is 22.9 Å². The first-order valence-corrected chi connectivity index (χ1v) is 10.8. The quantitative estimate of drug-likeness (QED) is 0.855. The number of aromatic nitrogens is 1. The van der Waals surface area contributed by atoms with E-state index < -0.39 is 0 Å². The molecule has 0 unspecified atom stereocenters. The molecule has 0 saturated carbocycles. The van der Waals surface area contributed by atoms with Crippen LogP contribution in [0.15, 0.2) is 35.2 Å². The van der Waals surface area contributed by atoms with Gasteiger partial charge in [-0.2, -0.15) is 0 Å². The summed E-state index contributed by atoms with van der Waals surface area (Å²) >= 11 is 1.48. The molecule has 1 N–H and O–H groups in total. The van der Waals surface area contributed by atoms with Gasteiger partial charge in [0.25, 0.3) is 5.91 Å². The minimum atomic E-state index is 0.0393. The molecule has 2 aliphatic rings. The van der Waals surface area contributed by atoms with Gasteiger partial charge in [-0.25, -0.2) is 4.98 Å². The van der Waals surface area contributed by atoms with Crippen LogP contribution < -0.4 is 5.32 Å². The third kappa shape index (κ3) is 3.87. The van der Waals surface area contributed by atoms with Crippen molar-refractivity contribution in [1.29, 1.82) is 0 Å². The van der Waals surface area contributed by atoms with Crippen molar-refractivity contribution in [3.63, 3.8) is 0 Å². The van der Waals surface area contributed by atoms with Gasteiger partial charge in [0, 0.05) is 48.8 Å². The van der Waals surface area contributed by atoms with Crippen LogP contribution in [0.2, 0.25) is 0 Å². The highest BCUT2D eigenvalue weighted by Crippen LogP contribution is 2.31. The van der Waals surface area contributed by atoms with Crippen LogP contribution in [0.4, 0.5) is 5.69 Å². The Hall–Kier alpha value is -1.92. The predicted octanol–water partition coefficient (Wildman–Crippen LogP) is 3.84. The van der Waals surface area contributed by atoms with E-state index in [4.69, 9.17) is 0 Å². The summed E-state index contributed by atoms with van der Waals surface area (Å²) in [6.07, 6.45) is 3.51. The molecule has 1 fully saturated rings. The van der Waals surface area contributed by atoms with Crippen LogP contribution in [-0.2, 0) is 6.54 Å². The van der Waals surface area contributed by atoms with Crippen molar-refractivity contribution in [3.05, 3.63) is 46.4 Å². The third-order valence-corrected chi connectivity index (χ3v) is 6.40. The summed E-state index contributed by atoms with van der Waals surface area (Å²) in [6.45, 7) is 6.91. The average Bonchev–Trinajstić information content (AvgIpc) is 3.30. The Balaban J connectivity index is 1.68. The molecule has 1 saturated heterocycles. The Morgan fingerprint density at radius 2 is 2.04 bits per heavy atom. The highest BCUT2D eigenvalue weighted by atomic mass is 32.1. The van der Waals surface area contributed by atoms with Gasteiger partial charge in [0.05, 0.1) is 5.51 Å². The Morgan fingerprint density at radius 3 is 2.81 bits per heavy atom. The van der Waals surface area contributed by atoms with Gasteiger partial charge in [-0.1, -0.05) is 18.2 Å². The maximum absolute atomic E-state index is 13.2. The molecule has 0 radical (unpaired) electrons. The van der Waals surface area contributed by atoms with Gasteiger partial charge >= 0.3 is 0 Å². The Kier molecular flexibility index (Phi) is 5.45. The van der Waals surface area contributed by atoms with Crippen LogP contribution in [0, 0.1) is 0 Å². The number of anilines is 1. The second kappa shape index (κ2) is 7.98.